The van der Waals surface area contributed by atoms with Crippen molar-refractivity contribution in [1.82, 2.24) is 10.3 Å². The Bertz CT molecular complexity index is 590. The molecule has 0 bridgehead atoms. The molecule has 0 radical (unpaired) electrons. The van der Waals surface area contributed by atoms with E-state index in [2.05, 4.69) is 15.6 Å². The Morgan fingerprint density at radius 2 is 2.05 bits per heavy atom. The van der Waals surface area contributed by atoms with Crippen molar-refractivity contribution in [3.63, 3.8) is 0 Å². The maximum absolute atomic E-state index is 12.9. The molecule has 1 aromatic carbocycles. The van der Waals surface area contributed by atoms with E-state index >= 15 is 0 Å². The van der Waals surface area contributed by atoms with Crippen LogP contribution in [0.15, 0.2) is 42.7 Å². The smallest absolute Gasteiger partial charge is 0.319 e. The zero-order valence-corrected chi connectivity index (χ0v) is 10.6. The lowest BCUT2D eigenvalue weighted by Crippen LogP contribution is -2.30. The zero-order valence-electron chi connectivity index (χ0n) is 10.6. The van der Waals surface area contributed by atoms with Gasteiger partial charge >= 0.3 is 6.03 Å². The van der Waals surface area contributed by atoms with Gasteiger partial charge in [-0.1, -0.05) is 6.07 Å². The Kier molecular flexibility index (Phi) is 4.60. The van der Waals surface area contributed by atoms with Crippen molar-refractivity contribution in [3.8, 4) is 0 Å². The summed E-state index contributed by atoms with van der Waals surface area (Å²) in [5.74, 6) is -1.95. The average Bonchev–Trinajstić information content (AvgIpc) is 2.44. The first kappa shape index (κ1) is 13.9. The molecule has 104 valence electrons. The van der Waals surface area contributed by atoms with E-state index in [1.807, 2.05) is 12.1 Å². The predicted octanol–water partition coefficient (Wildman–Crippen LogP) is 2.72. The Labute approximate surface area is 114 Å². The minimum absolute atomic E-state index is 0.197. The number of aromatic nitrogens is 1. The molecule has 2 rings (SSSR count). The molecule has 0 saturated heterocycles. The quantitative estimate of drug-likeness (QED) is 0.902. The van der Waals surface area contributed by atoms with Gasteiger partial charge < -0.3 is 10.6 Å². The van der Waals surface area contributed by atoms with Gasteiger partial charge in [0.2, 0.25) is 0 Å². The lowest BCUT2D eigenvalue weighted by molar-refractivity contribution is 0.252. The van der Waals surface area contributed by atoms with Crippen LogP contribution in [0.5, 0.6) is 0 Å². The molecular formula is C14H13F2N3O. The molecule has 6 heteroatoms. The number of rotatable bonds is 4. The third-order valence-electron chi connectivity index (χ3n) is 2.60. The highest BCUT2D eigenvalue weighted by Crippen LogP contribution is 2.12. The Morgan fingerprint density at radius 3 is 2.75 bits per heavy atom. The van der Waals surface area contributed by atoms with Gasteiger partial charge in [0, 0.05) is 30.7 Å². The van der Waals surface area contributed by atoms with Crippen LogP contribution < -0.4 is 10.6 Å². The van der Waals surface area contributed by atoms with Crippen molar-refractivity contribution >= 4 is 11.7 Å². The fourth-order valence-corrected chi connectivity index (χ4v) is 1.62. The molecule has 20 heavy (non-hydrogen) atoms. The molecule has 0 fully saturated rings. The number of nitrogens with zero attached hydrogens (tertiary/aromatic N) is 1. The molecule has 2 aromatic rings. The van der Waals surface area contributed by atoms with Crippen molar-refractivity contribution in [2.24, 2.45) is 0 Å². The van der Waals surface area contributed by atoms with Crippen LogP contribution in [0, 0.1) is 11.6 Å². The second kappa shape index (κ2) is 6.60. The Morgan fingerprint density at radius 1 is 1.20 bits per heavy atom. The summed E-state index contributed by atoms with van der Waals surface area (Å²) >= 11 is 0. The summed E-state index contributed by atoms with van der Waals surface area (Å²) in [5.41, 5.74) is 1.20. The number of pyridine rings is 1. The van der Waals surface area contributed by atoms with E-state index in [0.29, 0.717) is 13.0 Å². The summed E-state index contributed by atoms with van der Waals surface area (Å²) in [7, 11) is 0. The number of urea groups is 1. The summed E-state index contributed by atoms with van der Waals surface area (Å²) in [6, 6.07) is 6.42. The molecule has 4 nitrogen and oxygen atoms in total. The molecule has 0 atom stereocenters. The van der Waals surface area contributed by atoms with Crippen LogP contribution in [0.3, 0.4) is 0 Å². The number of halogens is 2. The fourth-order valence-electron chi connectivity index (χ4n) is 1.62. The monoisotopic (exact) mass is 277 g/mol. The first-order valence-electron chi connectivity index (χ1n) is 6.04. The summed E-state index contributed by atoms with van der Waals surface area (Å²) in [6.07, 6.45) is 4.03. The molecular weight excluding hydrogens is 264 g/mol. The van der Waals surface area contributed by atoms with Gasteiger partial charge in [-0.25, -0.2) is 13.6 Å². The maximum Gasteiger partial charge on any atom is 0.319 e. The van der Waals surface area contributed by atoms with E-state index < -0.39 is 17.7 Å². The van der Waals surface area contributed by atoms with Crippen LogP contribution in [-0.2, 0) is 6.42 Å². The van der Waals surface area contributed by atoms with E-state index in [0.717, 1.165) is 17.7 Å². The van der Waals surface area contributed by atoms with Gasteiger partial charge in [0.1, 0.15) is 0 Å². The molecule has 0 saturated carbocycles. The third kappa shape index (κ3) is 4.01. The van der Waals surface area contributed by atoms with Gasteiger partial charge in [0.25, 0.3) is 0 Å². The Balaban J connectivity index is 1.79. The normalized spacial score (nSPS) is 10.1. The van der Waals surface area contributed by atoms with Crippen molar-refractivity contribution in [3.05, 3.63) is 59.9 Å². The highest BCUT2D eigenvalue weighted by Gasteiger charge is 2.05. The number of hydrogen-bond donors (Lipinski definition) is 2. The summed E-state index contributed by atoms with van der Waals surface area (Å²) in [6.45, 7) is 0.418. The second-order valence-corrected chi connectivity index (χ2v) is 4.12. The van der Waals surface area contributed by atoms with Gasteiger partial charge in [0.05, 0.1) is 0 Å². The molecule has 2 N–H and O–H groups in total. The van der Waals surface area contributed by atoms with E-state index in [1.54, 1.807) is 12.4 Å². The number of benzene rings is 1. The first-order chi connectivity index (χ1) is 9.65. The number of hydrogen-bond acceptors (Lipinski definition) is 2. The van der Waals surface area contributed by atoms with Crippen LogP contribution in [-0.4, -0.2) is 17.6 Å². The number of amides is 2. The highest BCUT2D eigenvalue weighted by molar-refractivity contribution is 5.89. The number of nitrogens with one attached hydrogen (secondary N) is 2. The second-order valence-electron chi connectivity index (χ2n) is 4.12. The third-order valence-corrected chi connectivity index (χ3v) is 2.60. The fraction of sp³-hybridized carbons (Fsp3) is 0.143. The molecule has 0 aliphatic carbocycles. The average molecular weight is 277 g/mol. The molecule has 0 aliphatic rings. The van der Waals surface area contributed by atoms with Crippen molar-refractivity contribution < 1.29 is 13.6 Å². The standard InChI is InChI=1S/C14H13F2N3O/c15-12-4-3-11(8-13(12)16)19-14(20)18-7-5-10-2-1-6-17-9-10/h1-4,6,8-9H,5,7H2,(H2,18,19,20). The predicted molar refractivity (Wildman–Crippen MR) is 71.3 cm³/mol. The summed E-state index contributed by atoms with van der Waals surface area (Å²) in [4.78, 5) is 15.5. The van der Waals surface area contributed by atoms with E-state index in [-0.39, 0.29) is 5.69 Å². The van der Waals surface area contributed by atoms with E-state index in [1.165, 1.54) is 6.07 Å². The van der Waals surface area contributed by atoms with Crippen molar-refractivity contribution in [2.45, 2.75) is 6.42 Å². The van der Waals surface area contributed by atoms with Crippen LogP contribution in [0.4, 0.5) is 19.3 Å². The molecule has 2 amide bonds. The van der Waals surface area contributed by atoms with Gasteiger partial charge in [-0.05, 0) is 30.2 Å². The minimum Gasteiger partial charge on any atom is -0.338 e. The van der Waals surface area contributed by atoms with Gasteiger partial charge in [0.15, 0.2) is 11.6 Å². The maximum atomic E-state index is 12.9. The zero-order chi connectivity index (χ0) is 14.4. The molecule has 1 heterocycles. The number of carbonyl (C=O) groups is 1. The van der Waals surface area contributed by atoms with Crippen LogP contribution in [0.2, 0.25) is 0 Å². The first-order valence-corrected chi connectivity index (χ1v) is 6.04. The SMILES string of the molecule is O=C(NCCc1cccnc1)Nc1ccc(F)c(F)c1. The molecule has 0 spiro atoms. The van der Waals surface area contributed by atoms with Crippen molar-refractivity contribution in [1.29, 1.82) is 0 Å². The Hall–Kier alpha value is -2.50. The molecule has 0 unspecified atom stereocenters. The van der Waals surface area contributed by atoms with Gasteiger partial charge in [-0.3, -0.25) is 4.98 Å². The highest BCUT2D eigenvalue weighted by atomic mass is 19.2. The number of anilines is 1. The van der Waals surface area contributed by atoms with Gasteiger partial charge in [-0.2, -0.15) is 0 Å². The van der Waals surface area contributed by atoms with Gasteiger partial charge in [-0.15, -0.1) is 0 Å². The molecule has 0 aliphatic heterocycles. The van der Waals surface area contributed by atoms with E-state index in [4.69, 9.17) is 0 Å². The van der Waals surface area contributed by atoms with Crippen LogP contribution in [0.25, 0.3) is 0 Å². The lowest BCUT2D eigenvalue weighted by atomic mass is 10.2. The van der Waals surface area contributed by atoms with Crippen LogP contribution in [0.1, 0.15) is 5.56 Å². The summed E-state index contributed by atoms with van der Waals surface area (Å²) in [5, 5.41) is 5.04. The topological polar surface area (TPSA) is 54.0 Å². The lowest BCUT2D eigenvalue weighted by Gasteiger charge is -2.07. The largest absolute Gasteiger partial charge is 0.338 e. The molecule has 1 aromatic heterocycles. The summed E-state index contributed by atoms with van der Waals surface area (Å²) < 4.78 is 25.7. The minimum atomic E-state index is -1.00. The number of carbonyl (C=O) groups excluding carboxylic acids is 1. The van der Waals surface area contributed by atoms with Crippen molar-refractivity contribution in [2.75, 3.05) is 11.9 Å². The van der Waals surface area contributed by atoms with E-state index in [9.17, 15) is 13.6 Å². The van der Waals surface area contributed by atoms with Crippen LogP contribution >= 0.6 is 0 Å².